The van der Waals surface area contributed by atoms with E-state index in [1.54, 1.807) is 12.1 Å². The van der Waals surface area contributed by atoms with E-state index in [0.29, 0.717) is 23.3 Å². The number of nitro benzene ring substituents is 1. The molecule has 1 aliphatic rings. The number of hydrogen-bond donors (Lipinski definition) is 1. The summed E-state index contributed by atoms with van der Waals surface area (Å²) in [6.45, 7) is 0.0169. The van der Waals surface area contributed by atoms with Gasteiger partial charge in [-0.15, -0.1) is 0 Å². The van der Waals surface area contributed by atoms with Crippen LogP contribution in [0.3, 0.4) is 0 Å². The van der Waals surface area contributed by atoms with Gasteiger partial charge in [0.1, 0.15) is 0 Å². The van der Waals surface area contributed by atoms with Crippen molar-refractivity contribution in [1.29, 1.82) is 0 Å². The first kappa shape index (κ1) is 16.4. The van der Waals surface area contributed by atoms with Gasteiger partial charge in [0.2, 0.25) is 10.0 Å². The number of non-ortho nitro benzene ring substituents is 1. The molecule has 0 heterocycles. The molecular weight excluding hydrogens is 328 g/mol. The predicted octanol–water partition coefficient (Wildman–Crippen LogP) is 3.00. The zero-order valence-electron chi connectivity index (χ0n) is 12.8. The van der Waals surface area contributed by atoms with E-state index < -0.39 is 14.9 Å². The quantitative estimate of drug-likeness (QED) is 0.667. The summed E-state index contributed by atoms with van der Waals surface area (Å²) in [7, 11) is -3.62. The van der Waals surface area contributed by atoms with E-state index in [9.17, 15) is 18.5 Å². The Morgan fingerprint density at radius 3 is 2.67 bits per heavy atom. The average Bonchev–Trinajstić information content (AvgIpc) is 2.60. The van der Waals surface area contributed by atoms with E-state index >= 15 is 0 Å². The molecule has 2 aromatic rings. The molecule has 24 heavy (non-hydrogen) atoms. The lowest BCUT2D eigenvalue weighted by Crippen LogP contribution is -2.25. The van der Waals surface area contributed by atoms with Gasteiger partial charge in [0.25, 0.3) is 5.69 Å². The lowest BCUT2D eigenvalue weighted by molar-refractivity contribution is -0.384. The Morgan fingerprint density at radius 1 is 1.08 bits per heavy atom. The Bertz CT molecular complexity index is 920. The zero-order chi connectivity index (χ0) is 17.2. The minimum absolute atomic E-state index is 0.0169. The molecule has 0 fully saturated rings. The van der Waals surface area contributed by atoms with Crippen LogP contribution in [-0.2, 0) is 23.0 Å². The van der Waals surface area contributed by atoms with Gasteiger partial charge in [-0.3, -0.25) is 10.1 Å². The first-order valence-electron chi connectivity index (χ1n) is 7.47. The van der Waals surface area contributed by atoms with E-state index in [-0.39, 0.29) is 12.2 Å². The summed E-state index contributed by atoms with van der Waals surface area (Å²) in [5.41, 5.74) is 2.54. The molecule has 0 saturated heterocycles. The Morgan fingerprint density at radius 2 is 1.88 bits per heavy atom. The van der Waals surface area contributed by atoms with E-state index in [1.165, 1.54) is 18.2 Å². The van der Waals surface area contributed by atoms with Crippen molar-refractivity contribution in [1.82, 2.24) is 4.72 Å². The average molecular weight is 344 g/mol. The molecule has 1 aliphatic carbocycles. The van der Waals surface area contributed by atoms with E-state index in [1.807, 2.05) is 24.3 Å². The fraction of sp³-hybridized carbons (Fsp3) is 0.176. The summed E-state index contributed by atoms with van der Waals surface area (Å²) in [6.07, 6.45) is 2.82. The summed E-state index contributed by atoms with van der Waals surface area (Å²) in [5.74, 6) is 0. The minimum atomic E-state index is -3.62. The van der Waals surface area contributed by atoms with Gasteiger partial charge in [0, 0.05) is 18.7 Å². The monoisotopic (exact) mass is 344 g/mol. The van der Waals surface area contributed by atoms with Crippen LogP contribution in [0.2, 0.25) is 0 Å². The third kappa shape index (κ3) is 3.52. The molecule has 0 saturated carbocycles. The van der Waals surface area contributed by atoms with Crippen LogP contribution in [0, 0.1) is 10.1 Å². The van der Waals surface area contributed by atoms with Crippen LogP contribution in [-0.4, -0.2) is 13.3 Å². The fourth-order valence-corrected chi connectivity index (χ4v) is 3.86. The molecule has 6 nitrogen and oxygen atoms in total. The van der Waals surface area contributed by atoms with Crippen LogP contribution in [0.25, 0.3) is 6.08 Å². The molecule has 0 radical (unpaired) electrons. The highest BCUT2D eigenvalue weighted by molar-refractivity contribution is 7.93. The van der Waals surface area contributed by atoms with E-state index in [4.69, 9.17) is 0 Å². The highest BCUT2D eigenvalue weighted by Crippen LogP contribution is 2.26. The van der Waals surface area contributed by atoms with Gasteiger partial charge in [-0.05, 0) is 35.6 Å². The zero-order valence-corrected chi connectivity index (χ0v) is 13.6. The maximum Gasteiger partial charge on any atom is 0.269 e. The minimum Gasteiger partial charge on any atom is -0.258 e. The number of fused-ring (bicyclic) bond motifs is 1. The lowest BCUT2D eigenvalue weighted by Gasteiger charge is -2.17. The lowest BCUT2D eigenvalue weighted by atomic mass is 9.98. The molecule has 124 valence electrons. The molecule has 0 atom stereocenters. The maximum atomic E-state index is 12.5. The van der Waals surface area contributed by atoms with E-state index in [2.05, 4.69) is 4.72 Å². The van der Waals surface area contributed by atoms with Gasteiger partial charge in [-0.25, -0.2) is 13.1 Å². The molecule has 0 aliphatic heterocycles. The van der Waals surface area contributed by atoms with Crippen LogP contribution >= 0.6 is 0 Å². The molecule has 0 spiro atoms. The maximum absolute atomic E-state index is 12.5. The highest BCUT2D eigenvalue weighted by Gasteiger charge is 2.21. The molecule has 1 N–H and O–H groups in total. The normalized spacial score (nSPS) is 13.9. The van der Waals surface area contributed by atoms with Gasteiger partial charge in [0.15, 0.2) is 0 Å². The third-order valence-electron chi connectivity index (χ3n) is 3.95. The highest BCUT2D eigenvalue weighted by atomic mass is 32.2. The van der Waals surface area contributed by atoms with Gasteiger partial charge in [-0.2, -0.15) is 0 Å². The number of hydrogen-bond acceptors (Lipinski definition) is 4. The molecule has 0 amide bonds. The van der Waals surface area contributed by atoms with Crippen LogP contribution in [0.1, 0.15) is 23.1 Å². The van der Waals surface area contributed by atoms with Crippen molar-refractivity contribution in [2.75, 3.05) is 0 Å². The Kier molecular flexibility index (Phi) is 4.46. The van der Waals surface area contributed by atoms with Crippen molar-refractivity contribution in [3.8, 4) is 0 Å². The van der Waals surface area contributed by atoms with E-state index in [0.717, 1.165) is 11.1 Å². The predicted molar refractivity (Wildman–Crippen MR) is 91.6 cm³/mol. The van der Waals surface area contributed by atoms with Gasteiger partial charge < -0.3 is 0 Å². The number of nitrogens with one attached hydrogen (secondary N) is 1. The van der Waals surface area contributed by atoms with Crippen molar-refractivity contribution in [3.63, 3.8) is 0 Å². The van der Waals surface area contributed by atoms with Gasteiger partial charge in [0.05, 0.1) is 9.83 Å². The summed E-state index contributed by atoms with van der Waals surface area (Å²) in [5, 5.41) is 10.8. The second-order valence-corrected chi connectivity index (χ2v) is 7.38. The van der Waals surface area contributed by atoms with Crippen molar-refractivity contribution >= 4 is 21.8 Å². The second kappa shape index (κ2) is 6.54. The number of nitrogens with zero attached hydrogens (tertiary/aromatic N) is 1. The Labute approximate surface area is 140 Å². The van der Waals surface area contributed by atoms with Crippen molar-refractivity contribution < 1.29 is 13.3 Å². The van der Waals surface area contributed by atoms with Gasteiger partial charge in [-0.1, -0.05) is 36.4 Å². The summed E-state index contributed by atoms with van der Waals surface area (Å²) >= 11 is 0. The summed E-state index contributed by atoms with van der Waals surface area (Å²) < 4.78 is 27.5. The Hall–Kier alpha value is -2.51. The largest absolute Gasteiger partial charge is 0.269 e. The molecule has 3 rings (SSSR count). The second-order valence-electron chi connectivity index (χ2n) is 5.56. The summed E-state index contributed by atoms with van der Waals surface area (Å²) in [4.78, 5) is 10.6. The number of nitro groups is 1. The molecule has 0 unspecified atom stereocenters. The topological polar surface area (TPSA) is 89.3 Å². The molecule has 2 aromatic carbocycles. The molecule has 0 bridgehead atoms. The van der Waals surface area contributed by atoms with Crippen LogP contribution in [0.4, 0.5) is 5.69 Å². The van der Waals surface area contributed by atoms with Crippen LogP contribution in [0.15, 0.2) is 53.4 Å². The van der Waals surface area contributed by atoms with Crippen LogP contribution in [0.5, 0.6) is 0 Å². The van der Waals surface area contributed by atoms with Crippen molar-refractivity contribution in [2.24, 2.45) is 0 Å². The van der Waals surface area contributed by atoms with Crippen molar-refractivity contribution in [2.45, 2.75) is 19.4 Å². The first-order chi connectivity index (χ1) is 11.5. The number of rotatable bonds is 5. The van der Waals surface area contributed by atoms with Crippen molar-refractivity contribution in [3.05, 3.63) is 80.2 Å². The first-order valence-corrected chi connectivity index (χ1v) is 8.95. The SMILES string of the molecule is O=[N+]([O-])c1cccc(CNS(=O)(=O)C2=Cc3ccccc3CC2)c1. The van der Waals surface area contributed by atoms with Gasteiger partial charge >= 0.3 is 0 Å². The smallest absolute Gasteiger partial charge is 0.258 e. The third-order valence-corrected chi connectivity index (χ3v) is 5.48. The molecular formula is C17H16N2O4S. The number of sulfonamides is 1. The van der Waals surface area contributed by atoms with Crippen LogP contribution < -0.4 is 4.72 Å². The number of allylic oxidation sites excluding steroid dienone is 1. The number of benzene rings is 2. The Balaban J connectivity index is 1.77. The summed E-state index contributed by atoms with van der Waals surface area (Å²) in [6, 6.07) is 13.6. The fourth-order valence-electron chi connectivity index (χ4n) is 2.67. The molecule has 7 heteroatoms. The standard InChI is InChI=1S/C17H16N2O4S/c20-19(21)16-7-3-4-13(10-16)12-18-24(22,23)17-9-8-14-5-1-2-6-15(14)11-17/h1-7,10-11,18H,8-9,12H2. The number of aryl methyl sites for hydroxylation is 1. The molecule has 0 aromatic heterocycles.